The van der Waals surface area contributed by atoms with Crippen molar-refractivity contribution in [1.29, 1.82) is 0 Å². The van der Waals surface area contributed by atoms with Crippen molar-refractivity contribution in [2.75, 3.05) is 18.5 Å². The lowest BCUT2D eigenvalue weighted by molar-refractivity contribution is -0.117. The molecule has 0 fully saturated rings. The second-order valence-corrected chi connectivity index (χ2v) is 7.00. The normalized spacial score (nSPS) is 14.9. The number of nitrogens with one attached hydrogen (secondary N) is 1. The topological polar surface area (TPSA) is 58.6 Å². The molecule has 0 saturated carbocycles. The molecule has 0 aliphatic carbocycles. The highest BCUT2D eigenvalue weighted by atomic mass is 16.5. The number of likely N-dealkylation sites (N-methyl/N-ethyl adjacent to an activating group) is 1. The quantitative estimate of drug-likeness (QED) is 0.820. The van der Waals surface area contributed by atoms with Gasteiger partial charge in [0.2, 0.25) is 0 Å². The number of carbonyl (C=O) groups is 2. The average Bonchev–Trinajstić information content (AvgIpc) is 2.66. The number of nitrogens with zero attached hydrogens (tertiary/aromatic N) is 1. The molecule has 0 aromatic heterocycles. The van der Waals surface area contributed by atoms with Crippen LogP contribution in [-0.2, 0) is 4.79 Å². The molecule has 0 radical (unpaired) electrons. The summed E-state index contributed by atoms with van der Waals surface area (Å²) in [7, 11) is 1.72. The van der Waals surface area contributed by atoms with Gasteiger partial charge in [0, 0.05) is 19.2 Å². The molecule has 0 saturated heterocycles. The monoisotopic (exact) mass is 364 g/mol. The van der Waals surface area contributed by atoms with Crippen LogP contribution in [0.15, 0.2) is 54.3 Å². The van der Waals surface area contributed by atoms with Crippen LogP contribution in [0.4, 0.5) is 5.69 Å². The van der Waals surface area contributed by atoms with Crippen molar-refractivity contribution in [3.8, 4) is 5.75 Å². The van der Waals surface area contributed by atoms with Gasteiger partial charge in [-0.25, -0.2) is 0 Å². The zero-order valence-corrected chi connectivity index (χ0v) is 15.9. The van der Waals surface area contributed by atoms with Crippen molar-refractivity contribution in [1.82, 2.24) is 5.32 Å². The van der Waals surface area contributed by atoms with Gasteiger partial charge in [-0.2, -0.15) is 0 Å². The van der Waals surface area contributed by atoms with Gasteiger partial charge in [-0.3, -0.25) is 9.59 Å². The number of hydrogen-bond donors (Lipinski definition) is 1. The molecule has 0 bridgehead atoms. The van der Waals surface area contributed by atoms with Gasteiger partial charge in [-0.15, -0.1) is 0 Å². The van der Waals surface area contributed by atoms with E-state index in [4.69, 9.17) is 4.74 Å². The third-order valence-electron chi connectivity index (χ3n) is 4.44. The fourth-order valence-corrected chi connectivity index (χ4v) is 2.81. The van der Waals surface area contributed by atoms with Gasteiger partial charge in [0.25, 0.3) is 11.8 Å². The van der Waals surface area contributed by atoms with Gasteiger partial charge < -0.3 is 15.0 Å². The lowest BCUT2D eigenvalue weighted by Crippen LogP contribution is -2.33. The van der Waals surface area contributed by atoms with Crippen LogP contribution in [0, 0.1) is 5.92 Å². The molecule has 1 heterocycles. The first-order chi connectivity index (χ1) is 13.0. The first kappa shape index (κ1) is 18.7. The summed E-state index contributed by atoms with van der Waals surface area (Å²) in [5.74, 6) is 1.16. The molecule has 2 aromatic rings. The molecule has 1 aliphatic heterocycles. The molecular formula is C22H24N2O3. The molecule has 2 amide bonds. The Bertz CT molecular complexity index is 869. The van der Waals surface area contributed by atoms with Crippen molar-refractivity contribution in [2.45, 2.75) is 20.3 Å². The molecule has 1 N–H and O–H groups in total. The van der Waals surface area contributed by atoms with E-state index in [1.54, 1.807) is 30.2 Å². The van der Waals surface area contributed by atoms with Gasteiger partial charge in [-0.1, -0.05) is 38.1 Å². The Hall–Kier alpha value is -3.08. The van der Waals surface area contributed by atoms with Crippen LogP contribution in [0.1, 0.15) is 36.2 Å². The van der Waals surface area contributed by atoms with Crippen molar-refractivity contribution in [3.05, 3.63) is 65.4 Å². The van der Waals surface area contributed by atoms with E-state index in [9.17, 15) is 9.59 Å². The van der Waals surface area contributed by atoms with Crippen LogP contribution >= 0.6 is 0 Å². The van der Waals surface area contributed by atoms with E-state index in [1.165, 1.54) is 0 Å². The van der Waals surface area contributed by atoms with Crippen molar-refractivity contribution in [2.24, 2.45) is 5.92 Å². The molecule has 140 valence electrons. The SMILES string of the molecule is CC(C)CCNC(=O)c1ccc(/C=C2/Oc3ccccc3N(C)C2=O)cc1. The lowest BCUT2D eigenvalue weighted by atomic mass is 10.1. The zero-order valence-electron chi connectivity index (χ0n) is 15.9. The van der Waals surface area contributed by atoms with Crippen LogP contribution in [0.2, 0.25) is 0 Å². The summed E-state index contributed by atoms with van der Waals surface area (Å²) in [4.78, 5) is 26.2. The number of para-hydroxylation sites is 2. The third-order valence-corrected chi connectivity index (χ3v) is 4.44. The van der Waals surface area contributed by atoms with E-state index in [2.05, 4.69) is 19.2 Å². The van der Waals surface area contributed by atoms with Crippen LogP contribution in [0.25, 0.3) is 6.08 Å². The number of benzene rings is 2. The zero-order chi connectivity index (χ0) is 19.4. The van der Waals surface area contributed by atoms with E-state index in [1.807, 2.05) is 36.4 Å². The van der Waals surface area contributed by atoms with Gasteiger partial charge in [0.05, 0.1) is 5.69 Å². The number of anilines is 1. The van der Waals surface area contributed by atoms with Gasteiger partial charge in [0.15, 0.2) is 11.5 Å². The summed E-state index contributed by atoms with van der Waals surface area (Å²) in [6.45, 7) is 4.91. The molecule has 5 heteroatoms. The highest BCUT2D eigenvalue weighted by molar-refractivity contribution is 6.09. The molecule has 1 aliphatic rings. The van der Waals surface area contributed by atoms with Crippen LogP contribution in [-0.4, -0.2) is 25.4 Å². The Morgan fingerprint density at radius 2 is 1.85 bits per heavy atom. The molecule has 0 atom stereocenters. The minimum absolute atomic E-state index is 0.0893. The lowest BCUT2D eigenvalue weighted by Gasteiger charge is -2.27. The second-order valence-electron chi connectivity index (χ2n) is 7.00. The molecular weight excluding hydrogens is 340 g/mol. The summed E-state index contributed by atoms with van der Waals surface area (Å²) in [6.07, 6.45) is 2.64. The largest absolute Gasteiger partial charge is 0.449 e. The molecule has 0 spiro atoms. The highest BCUT2D eigenvalue weighted by Gasteiger charge is 2.27. The van der Waals surface area contributed by atoms with Crippen LogP contribution in [0.3, 0.4) is 0 Å². The van der Waals surface area contributed by atoms with Crippen molar-refractivity contribution < 1.29 is 14.3 Å². The number of amides is 2. The molecule has 3 rings (SSSR count). The summed E-state index contributed by atoms with van der Waals surface area (Å²) in [5.41, 5.74) is 2.14. The van der Waals surface area contributed by atoms with E-state index in [-0.39, 0.29) is 17.6 Å². The van der Waals surface area contributed by atoms with E-state index < -0.39 is 0 Å². The fraction of sp³-hybridized carbons (Fsp3) is 0.273. The molecule has 27 heavy (non-hydrogen) atoms. The minimum atomic E-state index is -0.204. The van der Waals surface area contributed by atoms with Crippen LogP contribution < -0.4 is 15.0 Å². The predicted molar refractivity (Wildman–Crippen MR) is 107 cm³/mol. The van der Waals surface area contributed by atoms with Gasteiger partial charge in [-0.05, 0) is 48.2 Å². The predicted octanol–water partition coefficient (Wildman–Crippen LogP) is 3.86. The maximum atomic E-state index is 12.5. The highest BCUT2D eigenvalue weighted by Crippen LogP contribution is 2.34. The first-order valence-corrected chi connectivity index (χ1v) is 9.10. The number of ether oxygens (including phenoxy) is 1. The number of carbonyl (C=O) groups excluding carboxylic acids is 2. The summed E-state index contributed by atoms with van der Waals surface area (Å²) >= 11 is 0. The van der Waals surface area contributed by atoms with Gasteiger partial charge >= 0.3 is 0 Å². The number of fused-ring (bicyclic) bond motifs is 1. The van der Waals surface area contributed by atoms with E-state index in [0.29, 0.717) is 23.8 Å². The average molecular weight is 364 g/mol. The Kier molecular flexibility index (Phi) is 5.60. The molecule has 2 aromatic carbocycles. The Balaban J connectivity index is 1.72. The Morgan fingerprint density at radius 3 is 2.56 bits per heavy atom. The van der Waals surface area contributed by atoms with Crippen molar-refractivity contribution in [3.63, 3.8) is 0 Å². The minimum Gasteiger partial charge on any atom is -0.449 e. The summed E-state index contributed by atoms with van der Waals surface area (Å²) < 4.78 is 5.76. The van der Waals surface area contributed by atoms with Crippen molar-refractivity contribution >= 4 is 23.6 Å². The smallest absolute Gasteiger partial charge is 0.293 e. The van der Waals surface area contributed by atoms with E-state index in [0.717, 1.165) is 17.7 Å². The molecule has 5 nitrogen and oxygen atoms in total. The maximum Gasteiger partial charge on any atom is 0.293 e. The second kappa shape index (κ2) is 8.08. The summed E-state index contributed by atoms with van der Waals surface area (Å²) in [6, 6.07) is 14.5. The first-order valence-electron chi connectivity index (χ1n) is 9.10. The third kappa shape index (κ3) is 4.37. The van der Waals surface area contributed by atoms with E-state index >= 15 is 0 Å². The number of hydrogen-bond acceptors (Lipinski definition) is 3. The number of rotatable bonds is 5. The fourth-order valence-electron chi connectivity index (χ4n) is 2.81. The van der Waals surface area contributed by atoms with Crippen LogP contribution in [0.5, 0.6) is 5.75 Å². The molecule has 0 unspecified atom stereocenters. The summed E-state index contributed by atoms with van der Waals surface area (Å²) in [5, 5.41) is 2.92. The Morgan fingerprint density at radius 1 is 1.15 bits per heavy atom. The Labute approximate surface area is 159 Å². The van der Waals surface area contributed by atoms with Gasteiger partial charge in [0.1, 0.15) is 0 Å². The standard InChI is InChI=1S/C22H24N2O3/c1-15(2)12-13-23-21(25)17-10-8-16(9-11-17)14-20-22(26)24(3)18-6-4-5-7-19(18)27-20/h4-11,14-15H,12-13H2,1-3H3,(H,23,25)/b20-14+. The maximum absolute atomic E-state index is 12.5.